The number of likely N-dealkylation sites (tertiary alicyclic amines) is 1. The number of amides is 2. The molecule has 0 bridgehead atoms. The second-order valence-corrected chi connectivity index (χ2v) is 5.49. The van der Waals surface area contributed by atoms with Crippen molar-refractivity contribution < 1.29 is 14.0 Å². The minimum absolute atomic E-state index is 0. The fraction of sp³-hybridized carbons (Fsp3) is 0.600. The highest BCUT2D eigenvalue weighted by molar-refractivity contribution is 5.86. The normalized spacial score (nSPS) is 15.1. The Morgan fingerprint density at radius 2 is 1.88 bits per heavy atom. The van der Waals surface area contributed by atoms with Gasteiger partial charge >= 0.3 is 0 Å². The largest absolute Gasteiger partial charge is 0.465 e. The molecule has 1 aromatic rings. The predicted octanol–water partition coefficient (Wildman–Crippen LogP) is 0.760. The molecule has 1 fully saturated rings. The number of carbonyl (C=O) groups is 2. The summed E-state index contributed by atoms with van der Waals surface area (Å²) in [6.45, 7) is 4.21. The number of nitrogens with one attached hydrogen (secondary N) is 2. The number of furan rings is 1. The van der Waals surface area contributed by atoms with Crippen molar-refractivity contribution in [1.29, 1.82) is 0 Å². The highest BCUT2D eigenvalue weighted by Crippen LogP contribution is 2.25. The first kappa shape index (κ1) is 22.7. The molecular weight excluding hydrogens is 355 g/mol. The predicted molar refractivity (Wildman–Crippen MR) is 96.6 cm³/mol. The number of aryl methyl sites for hydroxylation is 1. The molecule has 2 amide bonds. The maximum atomic E-state index is 11.8. The summed E-state index contributed by atoms with van der Waals surface area (Å²) in [6, 6.07) is 3.92. The zero-order chi connectivity index (χ0) is 15.9. The quantitative estimate of drug-likeness (QED) is 0.648. The van der Waals surface area contributed by atoms with Gasteiger partial charge in [0.05, 0.1) is 19.1 Å². The highest BCUT2D eigenvalue weighted by atomic mass is 35.5. The molecule has 4 N–H and O–H groups in total. The van der Waals surface area contributed by atoms with Crippen molar-refractivity contribution >= 4 is 36.6 Å². The lowest BCUT2D eigenvalue weighted by atomic mass is 10.2. The molecule has 24 heavy (non-hydrogen) atoms. The van der Waals surface area contributed by atoms with Gasteiger partial charge in [-0.15, -0.1) is 24.8 Å². The lowest BCUT2D eigenvalue weighted by Gasteiger charge is -2.26. The van der Waals surface area contributed by atoms with Gasteiger partial charge in [0.1, 0.15) is 11.5 Å². The third kappa shape index (κ3) is 6.68. The van der Waals surface area contributed by atoms with Crippen LogP contribution in [-0.4, -0.2) is 49.4 Å². The fourth-order valence-corrected chi connectivity index (χ4v) is 2.62. The van der Waals surface area contributed by atoms with E-state index in [1.807, 2.05) is 19.1 Å². The summed E-state index contributed by atoms with van der Waals surface area (Å²) >= 11 is 0. The van der Waals surface area contributed by atoms with E-state index in [1.54, 1.807) is 0 Å². The number of nitrogens with zero attached hydrogens (tertiary/aromatic N) is 1. The summed E-state index contributed by atoms with van der Waals surface area (Å²) in [4.78, 5) is 25.2. The topological polar surface area (TPSA) is 101 Å². The van der Waals surface area contributed by atoms with Gasteiger partial charge in [-0.2, -0.15) is 0 Å². The van der Waals surface area contributed by atoms with E-state index in [0.717, 1.165) is 37.5 Å². The summed E-state index contributed by atoms with van der Waals surface area (Å²) in [6.07, 6.45) is 2.33. The summed E-state index contributed by atoms with van der Waals surface area (Å²) in [5.74, 6) is 1.16. The van der Waals surface area contributed by atoms with Gasteiger partial charge < -0.3 is 20.8 Å². The summed E-state index contributed by atoms with van der Waals surface area (Å²) < 4.78 is 5.73. The van der Waals surface area contributed by atoms with E-state index >= 15 is 0 Å². The zero-order valence-corrected chi connectivity index (χ0v) is 15.4. The maximum absolute atomic E-state index is 11.8. The molecule has 2 heterocycles. The molecule has 1 aliphatic heterocycles. The average Bonchev–Trinajstić information content (AvgIpc) is 3.17. The van der Waals surface area contributed by atoms with Gasteiger partial charge in [0, 0.05) is 6.54 Å². The molecule has 0 radical (unpaired) electrons. The number of hydrogen-bond donors (Lipinski definition) is 3. The molecule has 0 aliphatic carbocycles. The molecule has 0 spiro atoms. The third-order valence-electron chi connectivity index (χ3n) is 3.80. The van der Waals surface area contributed by atoms with Crippen LogP contribution in [0.25, 0.3) is 0 Å². The molecule has 7 nitrogen and oxygen atoms in total. The Morgan fingerprint density at radius 1 is 1.21 bits per heavy atom. The van der Waals surface area contributed by atoms with Crippen LogP contribution in [0.5, 0.6) is 0 Å². The second kappa shape index (κ2) is 11.3. The van der Waals surface area contributed by atoms with Crippen molar-refractivity contribution in [3.63, 3.8) is 0 Å². The first-order valence-corrected chi connectivity index (χ1v) is 7.64. The Hall–Kier alpha value is -1.28. The van der Waals surface area contributed by atoms with Crippen LogP contribution in [0.1, 0.15) is 30.4 Å². The van der Waals surface area contributed by atoms with Crippen LogP contribution >= 0.6 is 24.8 Å². The standard InChI is InChI=1S/C15H24N4O3.2ClH/c1-11-4-5-13(22-11)12(19-6-2-3-7-19)9-17-15(21)10-18-14(20)8-16;;/h4-5,12H,2-3,6-10,16H2,1H3,(H,17,21)(H,18,20);2*1H. The van der Waals surface area contributed by atoms with Gasteiger partial charge in [-0.3, -0.25) is 14.5 Å². The Labute approximate surface area is 154 Å². The summed E-state index contributed by atoms with van der Waals surface area (Å²) in [7, 11) is 0. The molecule has 0 saturated carbocycles. The van der Waals surface area contributed by atoms with E-state index in [4.69, 9.17) is 10.2 Å². The van der Waals surface area contributed by atoms with Crippen LogP contribution < -0.4 is 16.4 Å². The van der Waals surface area contributed by atoms with Gasteiger partial charge in [0.15, 0.2) is 0 Å². The smallest absolute Gasteiger partial charge is 0.239 e. The number of nitrogens with two attached hydrogens (primary N) is 1. The minimum atomic E-state index is -0.340. The zero-order valence-electron chi connectivity index (χ0n) is 13.7. The van der Waals surface area contributed by atoms with E-state index in [9.17, 15) is 9.59 Å². The molecule has 138 valence electrons. The Bertz CT molecular complexity index is 519. The number of halogens is 2. The fourth-order valence-electron chi connectivity index (χ4n) is 2.62. The Balaban J connectivity index is 0.00000264. The van der Waals surface area contributed by atoms with Crippen molar-refractivity contribution in [3.05, 3.63) is 23.7 Å². The molecular formula is C15H26Cl2N4O3. The van der Waals surface area contributed by atoms with Crippen LogP contribution in [0, 0.1) is 6.92 Å². The van der Waals surface area contributed by atoms with Crippen molar-refractivity contribution in [2.45, 2.75) is 25.8 Å². The first-order chi connectivity index (χ1) is 10.6. The van der Waals surface area contributed by atoms with Crippen LogP contribution in [0.15, 0.2) is 16.5 Å². The molecule has 1 unspecified atom stereocenters. The van der Waals surface area contributed by atoms with Crippen molar-refractivity contribution in [2.24, 2.45) is 5.73 Å². The first-order valence-electron chi connectivity index (χ1n) is 7.64. The van der Waals surface area contributed by atoms with Crippen LogP contribution in [0.2, 0.25) is 0 Å². The number of carbonyl (C=O) groups excluding carboxylic acids is 2. The van der Waals surface area contributed by atoms with Gasteiger partial charge in [0.2, 0.25) is 11.8 Å². The minimum Gasteiger partial charge on any atom is -0.465 e. The van der Waals surface area contributed by atoms with Gasteiger partial charge in [0.25, 0.3) is 0 Å². The van der Waals surface area contributed by atoms with Crippen LogP contribution in [-0.2, 0) is 9.59 Å². The van der Waals surface area contributed by atoms with Gasteiger partial charge in [-0.05, 0) is 45.0 Å². The SMILES string of the molecule is Cc1ccc(C(CNC(=O)CNC(=O)CN)N2CCCC2)o1.Cl.Cl. The Morgan fingerprint density at radius 3 is 2.42 bits per heavy atom. The summed E-state index contributed by atoms with van der Waals surface area (Å²) in [5, 5.41) is 5.31. The number of hydrogen-bond acceptors (Lipinski definition) is 5. The van der Waals surface area contributed by atoms with E-state index in [1.165, 1.54) is 0 Å². The molecule has 1 saturated heterocycles. The third-order valence-corrected chi connectivity index (χ3v) is 3.80. The second-order valence-electron chi connectivity index (χ2n) is 5.49. The van der Waals surface area contributed by atoms with E-state index < -0.39 is 0 Å². The Kier molecular flexibility index (Phi) is 10.7. The van der Waals surface area contributed by atoms with E-state index in [-0.39, 0.29) is 55.8 Å². The van der Waals surface area contributed by atoms with Crippen molar-refractivity contribution in [3.8, 4) is 0 Å². The van der Waals surface area contributed by atoms with Gasteiger partial charge in [-0.25, -0.2) is 0 Å². The summed E-state index contributed by atoms with van der Waals surface area (Å²) in [5.41, 5.74) is 5.18. The van der Waals surface area contributed by atoms with E-state index in [2.05, 4.69) is 15.5 Å². The highest BCUT2D eigenvalue weighted by Gasteiger charge is 2.26. The molecule has 1 aliphatic rings. The monoisotopic (exact) mass is 380 g/mol. The molecule has 2 rings (SSSR count). The molecule has 1 atom stereocenters. The lowest BCUT2D eigenvalue weighted by molar-refractivity contribution is -0.125. The molecule has 1 aromatic heterocycles. The molecule has 0 aromatic carbocycles. The lowest BCUT2D eigenvalue weighted by Crippen LogP contribution is -2.42. The average molecular weight is 381 g/mol. The number of rotatable bonds is 7. The van der Waals surface area contributed by atoms with Crippen molar-refractivity contribution in [1.82, 2.24) is 15.5 Å². The maximum Gasteiger partial charge on any atom is 0.239 e. The van der Waals surface area contributed by atoms with Crippen LogP contribution in [0.4, 0.5) is 0 Å². The van der Waals surface area contributed by atoms with Crippen molar-refractivity contribution in [2.75, 3.05) is 32.7 Å². The van der Waals surface area contributed by atoms with E-state index in [0.29, 0.717) is 6.54 Å². The van der Waals surface area contributed by atoms with Crippen LogP contribution in [0.3, 0.4) is 0 Å². The molecule has 9 heteroatoms. The van der Waals surface area contributed by atoms with Gasteiger partial charge in [-0.1, -0.05) is 0 Å².